The summed E-state index contributed by atoms with van der Waals surface area (Å²) in [4.78, 5) is 18.0. The summed E-state index contributed by atoms with van der Waals surface area (Å²) in [6.07, 6.45) is 7.30. The molecule has 0 radical (unpaired) electrons. The van der Waals surface area contributed by atoms with Gasteiger partial charge in [-0.2, -0.15) is 0 Å². The van der Waals surface area contributed by atoms with Crippen molar-refractivity contribution in [1.82, 2.24) is 10.3 Å². The molecule has 1 saturated heterocycles. The van der Waals surface area contributed by atoms with Gasteiger partial charge in [-0.25, -0.2) is 4.98 Å². The van der Waals surface area contributed by atoms with Crippen LogP contribution in [-0.4, -0.2) is 28.6 Å². The number of hydrogen-bond donors (Lipinski definition) is 2. The molecule has 7 heteroatoms. The van der Waals surface area contributed by atoms with E-state index in [4.69, 9.17) is 0 Å². The molecule has 1 fully saturated rings. The number of carbonyl (C=O) groups excluding carboxylic acids is 1. The maximum atomic E-state index is 12.0. The van der Waals surface area contributed by atoms with Gasteiger partial charge >= 0.3 is 0 Å². The Morgan fingerprint density at radius 1 is 1.25 bits per heavy atom. The van der Waals surface area contributed by atoms with Crippen LogP contribution in [0.5, 0.6) is 0 Å². The normalized spacial score (nSPS) is 22.3. The lowest BCUT2D eigenvalue weighted by molar-refractivity contribution is -0.117. The monoisotopic (exact) mass is 333 g/mol. The number of fused-ring (bicyclic) bond motifs is 1. The van der Waals surface area contributed by atoms with E-state index in [1.165, 1.54) is 36.3 Å². The highest BCUT2D eigenvalue weighted by atomic mass is 35.5. The van der Waals surface area contributed by atoms with Gasteiger partial charge in [0, 0.05) is 16.5 Å². The van der Waals surface area contributed by atoms with Gasteiger partial charge in [0.25, 0.3) is 0 Å². The van der Waals surface area contributed by atoms with Gasteiger partial charge in [-0.15, -0.1) is 35.5 Å². The van der Waals surface area contributed by atoms with Gasteiger partial charge in [0.05, 0.1) is 11.7 Å². The zero-order chi connectivity index (χ0) is 13.1. The first kappa shape index (κ1) is 16.1. The molecule has 1 amide bonds. The maximum Gasteiger partial charge on any atom is 0.244 e. The van der Waals surface area contributed by atoms with Crippen molar-refractivity contribution in [3.05, 3.63) is 10.6 Å². The SMILES string of the molecule is Cl.O=C(Nc1nc2c(s1)CCCCCC2)C1CSCN1. The van der Waals surface area contributed by atoms with Gasteiger partial charge in [-0.3, -0.25) is 10.1 Å². The van der Waals surface area contributed by atoms with Crippen molar-refractivity contribution in [3.63, 3.8) is 0 Å². The fraction of sp³-hybridized carbons (Fsp3) is 0.692. The Balaban J connectivity index is 0.00000147. The van der Waals surface area contributed by atoms with Gasteiger partial charge < -0.3 is 5.32 Å². The standard InChI is InChI=1S/C13H19N3OS2.ClH/c17-12(10-7-18-8-14-10)16-13-15-9-5-3-1-2-4-6-11(9)19-13;/h10,14H,1-8H2,(H,15,16,17);1H. The van der Waals surface area contributed by atoms with Crippen molar-refractivity contribution in [1.29, 1.82) is 0 Å². The summed E-state index contributed by atoms with van der Waals surface area (Å²) < 4.78 is 0. The summed E-state index contributed by atoms with van der Waals surface area (Å²) in [6.45, 7) is 0. The van der Waals surface area contributed by atoms with E-state index in [-0.39, 0.29) is 24.4 Å². The van der Waals surface area contributed by atoms with Crippen LogP contribution in [-0.2, 0) is 17.6 Å². The summed E-state index contributed by atoms with van der Waals surface area (Å²) in [7, 11) is 0. The summed E-state index contributed by atoms with van der Waals surface area (Å²) in [5.41, 5.74) is 1.22. The molecule has 4 nitrogen and oxygen atoms in total. The van der Waals surface area contributed by atoms with Crippen molar-refractivity contribution in [2.24, 2.45) is 0 Å². The number of aryl methyl sites for hydroxylation is 2. The molecule has 2 N–H and O–H groups in total. The highest BCUT2D eigenvalue weighted by molar-refractivity contribution is 7.99. The minimum atomic E-state index is -0.0588. The molecule has 3 rings (SSSR count). The van der Waals surface area contributed by atoms with Crippen molar-refractivity contribution >= 4 is 46.5 Å². The Morgan fingerprint density at radius 3 is 2.80 bits per heavy atom. The van der Waals surface area contributed by atoms with Gasteiger partial charge in [-0.1, -0.05) is 12.8 Å². The lowest BCUT2D eigenvalue weighted by Gasteiger charge is -2.07. The third-order valence-electron chi connectivity index (χ3n) is 3.61. The summed E-state index contributed by atoms with van der Waals surface area (Å²) >= 11 is 3.43. The molecule has 1 unspecified atom stereocenters. The number of carbonyl (C=O) groups is 1. The number of hydrogen-bond acceptors (Lipinski definition) is 5. The predicted molar refractivity (Wildman–Crippen MR) is 88.1 cm³/mol. The van der Waals surface area contributed by atoms with E-state index in [0.29, 0.717) is 0 Å². The molecule has 1 atom stereocenters. The van der Waals surface area contributed by atoms with Crippen LogP contribution < -0.4 is 10.6 Å². The van der Waals surface area contributed by atoms with Gasteiger partial charge in [0.2, 0.25) is 5.91 Å². The number of nitrogens with zero attached hydrogens (tertiary/aromatic N) is 1. The van der Waals surface area contributed by atoms with E-state index in [1.807, 2.05) is 0 Å². The quantitative estimate of drug-likeness (QED) is 0.873. The second-order valence-electron chi connectivity index (χ2n) is 5.06. The van der Waals surface area contributed by atoms with E-state index in [1.54, 1.807) is 23.1 Å². The van der Waals surface area contributed by atoms with E-state index in [2.05, 4.69) is 15.6 Å². The number of halogens is 1. The Kier molecular flexibility index (Phi) is 6.14. The molecule has 1 aromatic rings. The molecule has 112 valence electrons. The molecule has 0 aromatic carbocycles. The van der Waals surface area contributed by atoms with Gasteiger partial charge in [-0.05, 0) is 25.7 Å². The van der Waals surface area contributed by atoms with Gasteiger partial charge in [0.1, 0.15) is 0 Å². The molecule has 1 aliphatic heterocycles. The first-order valence-corrected chi connectivity index (χ1v) is 8.90. The summed E-state index contributed by atoms with van der Waals surface area (Å²) in [5.74, 6) is 1.79. The second-order valence-corrected chi connectivity index (χ2v) is 7.18. The summed E-state index contributed by atoms with van der Waals surface area (Å²) in [6, 6.07) is -0.0588. The van der Waals surface area contributed by atoms with Crippen LogP contribution in [0.2, 0.25) is 0 Å². The topological polar surface area (TPSA) is 54.0 Å². The third kappa shape index (κ3) is 3.87. The minimum absolute atomic E-state index is 0. The smallest absolute Gasteiger partial charge is 0.244 e. The molecular weight excluding hydrogens is 314 g/mol. The molecule has 20 heavy (non-hydrogen) atoms. The van der Waals surface area contributed by atoms with Gasteiger partial charge in [0.15, 0.2) is 5.13 Å². The zero-order valence-corrected chi connectivity index (χ0v) is 13.8. The van der Waals surface area contributed by atoms with Crippen molar-refractivity contribution in [3.8, 4) is 0 Å². The van der Waals surface area contributed by atoms with E-state index in [0.717, 1.165) is 29.6 Å². The Labute approximate surface area is 133 Å². The fourth-order valence-corrected chi connectivity index (χ4v) is 4.51. The number of amides is 1. The van der Waals surface area contributed by atoms with Crippen LogP contribution in [0.3, 0.4) is 0 Å². The highest BCUT2D eigenvalue weighted by Gasteiger charge is 2.24. The average Bonchev–Trinajstić information content (AvgIpc) is 3.00. The lowest BCUT2D eigenvalue weighted by atomic mass is 10.0. The maximum absolute atomic E-state index is 12.0. The molecule has 1 aromatic heterocycles. The number of rotatable bonds is 2. The van der Waals surface area contributed by atoms with E-state index >= 15 is 0 Å². The van der Waals surface area contributed by atoms with Crippen LogP contribution in [0.1, 0.15) is 36.3 Å². The lowest BCUT2D eigenvalue weighted by Crippen LogP contribution is -2.37. The largest absolute Gasteiger partial charge is 0.301 e. The fourth-order valence-electron chi connectivity index (χ4n) is 2.52. The number of anilines is 1. The summed E-state index contributed by atoms with van der Waals surface area (Å²) in [5, 5.41) is 6.95. The van der Waals surface area contributed by atoms with Crippen LogP contribution in [0, 0.1) is 0 Å². The molecule has 2 heterocycles. The van der Waals surface area contributed by atoms with Crippen molar-refractivity contribution < 1.29 is 4.79 Å². The van der Waals surface area contributed by atoms with E-state index < -0.39 is 0 Å². The van der Waals surface area contributed by atoms with E-state index in [9.17, 15) is 4.79 Å². The van der Waals surface area contributed by atoms with Crippen LogP contribution in [0.4, 0.5) is 5.13 Å². The highest BCUT2D eigenvalue weighted by Crippen LogP contribution is 2.28. The Hall–Kier alpha value is -0.300. The molecule has 0 spiro atoms. The minimum Gasteiger partial charge on any atom is -0.301 e. The van der Waals surface area contributed by atoms with Crippen LogP contribution >= 0.6 is 35.5 Å². The number of thiazole rings is 1. The van der Waals surface area contributed by atoms with Crippen molar-refractivity contribution in [2.45, 2.75) is 44.6 Å². The number of thioether (sulfide) groups is 1. The first-order chi connectivity index (χ1) is 9.33. The van der Waals surface area contributed by atoms with Crippen molar-refractivity contribution in [2.75, 3.05) is 16.9 Å². The molecular formula is C13H20ClN3OS2. The average molecular weight is 334 g/mol. The van der Waals surface area contributed by atoms with Crippen LogP contribution in [0.25, 0.3) is 0 Å². The molecule has 1 aliphatic carbocycles. The number of aromatic nitrogens is 1. The number of nitrogens with one attached hydrogen (secondary N) is 2. The first-order valence-electron chi connectivity index (χ1n) is 6.93. The Morgan fingerprint density at radius 2 is 2.05 bits per heavy atom. The molecule has 2 aliphatic rings. The molecule has 0 bridgehead atoms. The third-order valence-corrected chi connectivity index (χ3v) is 5.62. The van der Waals surface area contributed by atoms with Crippen LogP contribution in [0.15, 0.2) is 0 Å². The second kappa shape index (κ2) is 7.64. The predicted octanol–water partition coefficient (Wildman–Crippen LogP) is 2.82. The molecule has 0 saturated carbocycles. The Bertz CT molecular complexity index is 435. The zero-order valence-electron chi connectivity index (χ0n) is 11.3.